The number of aromatic nitrogens is 1. The number of anilines is 1. The minimum Gasteiger partial charge on any atom is -0.480 e. The van der Waals surface area contributed by atoms with Gasteiger partial charge in [0.15, 0.2) is 0 Å². The van der Waals surface area contributed by atoms with Gasteiger partial charge < -0.3 is 20.6 Å². The molecule has 0 spiro atoms. The summed E-state index contributed by atoms with van der Waals surface area (Å²) in [6.45, 7) is 7.36. The molecule has 2 aliphatic heterocycles. The molecule has 0 aliphatic carbocycles. The Kier molecular flexibility index (Phi) is 7.83. The van der Waals surface area contributed by atoms with Gasteiger partial charge in [-0.2, -0.15) is 0 Å². The average molecular weight is 465 g/mol. The molecular weight excluding hydrogens is 428 g/mol. The minimum atomic E-state index is -0.984. The van der Waals surface area contributed by atoms with E-state index in [-0.39, 0.29) is 5.91 Å². The van der Waals surface area contributed by atoms with Crippen LogP contribution in [0.4, 0.5) is 5.82 Å². The second-order valence-electron chi connectivity index (χ2n) is 9.75. The molecule has 1 amide bonds. The maximum Gasteiger partial charge on any atom is 0.326 e. The van der Waals surface area contributed by atoms with Gasteiger partial charge in [0, 0.05) is 30.9 Å². The van der Waals surface area contributed by atoms with Crippen LogP contribution in [-0.4, -0.2) is 59.1 Å². The number of rotatable bonds is 9. The third-order valence-corrected chi connectivity index (χ3v) is 7.18. The van der Waals surface area contributed by atoms with E-state index in [1.807, 2.05) is 32.0 Å². The van der Waals surface area contributed by atoms with E-state index in [9.17, 15) is 14.7 Å². The third kappa shape index (κ3) is 5.95. The number of aliphatic carboxylic acids is 1. The number of fused-ring (bicyclic) bond motifs is 1. The number of carbonyl (C=O) groups excluding carboxylic acids is 1. The molecular formula is C27H36N4O3. The van der Waals surface area contributed by atoms with E-state index in [2.05, 4.69) is 27.7 Å². The molecule has 1 aromatic carbocycles. The molecule has 7 heteroatoms. The number of pyridine rings is 1. The number of carboxylic acids is 1. The Morgan fingerprint density at radius 2 is 2.03 bits per heavy atom. The summed E-state index contributed by atoms with van der Waals surface area (Å²) in [7, 11) is 0. The highest BCUT2D eigenvalue weighted by molar-refractivity contribution is 5.99. The van der Waals surface area contributed by atoms with Crippen molar-refractivity contribution < 1.29 is 14.7 Å². The van der Waals surface area contributed by atoms with Crippen LogP contribution >= 0.6 is 0 Å². The van der Waals surface area contributed by atoms with Crippen molar-refractivity contribution in [2.75, 3.05) is 31.5 Å². The van der Waals surface area contributed by atoms with Gasteiger partial charge >= 0.3 is 5.97 Å². The van der Waals surface area contributed by atoms with E-state index in [0.29, 0.717) is 24.4 Å². The Balaban J connectivity index is 1.24. The summed E-state index contributed by atoms with van der Waals surface area (Å²) in [6, 6.07) is 9.13. The summed E-state index contributed by atoms with van der Waals surface area (Å²) < 4.78 is 0. The summed E-state index contributed by atoms with van der Waals surface area (Å²) >= 11 is 0. The van der Waals surface area contributed by atoms with Crippen LogP contribution < -0.4 is 10.6 Å². The van der Waals surface area contributed by atoms with E-state index < -0.39 is 12.0 Å². The second-order valence-corrected chi connectivity index (χ2v) is 9.75. The maximum atomic E-state index is 12.8. The molecule has 3 N–H and O–H groups in total. The number of nitrogens with one attached hydrogen (secondary N) is 2. The van der Waals surface area contributed by atoms with Gasteiger partial charge in [-0.05, 0) is 87.6 Å². The lowest BCUT2D eigenvalue weighted by atomic mass is 10.00. The van der Waals surface area contributed by atoms with Crippen LogP contribution in [0.3, 0.4) is 0 Å². The van der Waals surface area contributed by atoms with Crippen molar-refractivity contribution in [3.63, 3.8) is 0 Å². The molecule has 2 aliphatic rings. The van der Waals surface area contributed by atoms with Gasteiger partial charge in [-0.1, -0.05) is 24.3 Å². The Morgan fingerprint density at radius 3 is 2.79 bits per heavy atom. The molecule has 0 saturated carbocycles. The molecule has 1 fully saturated rings. The van der Waals surface area contributed by atoms with Crippen molar-refractivity contribution in [1.29, 1.82) is 0 Å². The molecule has 2 atom stereocenters. The van der Waals surface area contributed by atoms with Crippen LogP contribution in [0.2, 0.25) is 0 Å². The van der Waals surface area contributed by atoms with Gasteiger partial charge in [0.05, 0.1) is 0 Å². The maximum absolute atomic E-state index is 12.8. The summed E-state index contributed by atoms with van der Waals surface area (Å²) in [5.41, 5.74) is 4.74. The number of carbonyl (C=O) groups is 2. The number of hydrogen-bond donors (Lipinski definition) is 3. The van der Waals surface area contributed by atoms with Crippen molar-refractivity contribution in [3.8, 4) is 0 Å². The van der Waals surface area contributed by atoms with Crippen molar-refractivity contribution in [1.82, 2.24) is 15.2 Å². The molecule has 4 rings (SSSR count). The standard InChI is InChI=1S/C27H36N4O3/c1-18-5-3-6-19(2)24(18)26(32)30-23(27(33)34)13-16-31-15-12-20(17-31)8-10-22-11-9-21-7-4-14-28-25(21)29-22/h3,5-6,9,11,20,23H,4,7-8,10,12-17H2,1-2H3,(H,28,29)(H,30,32)(H,33,34). The van der Waals surface area contributed by atoms with Crippen LogP contribution in [0.15, 0.2) is 30.3 Å². The Bertz CT molecular complexity index is 1020. The van der Waals surface area contributed by atoms with Gasteiger partial charge in [-0.15, -0.1) is 0 Å². The largest absolute Gasteiger partial charge is 0.480 e. The lowest BCUT2D eigenvalue weighted by molar-refractivity contribution is -0.139. The third-order valence-electron chi connectivity index (χ3n) is 7.18. The molecule has 1 aromatic heterocycles. The van der Waals surface area contributed by atoms with Gasteiger partial charge in [0.25, 0.3) is 5.91 Å². The average Bonchev–Trinajstić information content (AvgIpc) is 3.28. The molecule has 2 unspecified atom stereocenters. The topological polar surface area (TPSA) is 94.6 Å². The van der Waals surface area contributed by atoms with Gasteiger partial charge in [-0.25, -0.2) is 9.78 Å². The molecule has 2 aromatic rings. The highest BCUT2D eigenvalue weighted by Gasteiger charge is 2.26. The SMILES string of the molecule is Cc1cccc(C)c1C(=O)NC(CCN1CCC(CCc2ccc3c(n2)NCCC3)C1)C(=O)O. The first-order chi connectivity index (χ1) is 16.4. The smallest absolute Gasteiger partial charge is 0.326 e. The summed E-state index contributed by atoms with van der Waals surface area (Å²) in [5, 5.41) is 15.8. The highest BCUT2D eigenvalue weighted by Crippen LogP contribution is 2.24. The number of nitrogens with zero attached hydrogens (tertiary/aromatic N) is 2. The van der Waals surface area contributed by atoms with Crippen molar-refractivity contribution in [2.45, 2.75) is 58.4 Å². The summed E-state index contributed by atoms with van der Waals surface area (Å²) in [6.07, 6.45) is 5.86. The van der Waals surface area contributed by atoms with Crippen LogP contribution in [-0.2, 0) is 17.6 Å². The van der Waals surface area contributed by atoms with E-state index >= 15 is 0 Å². The summed E-state index contributed by atoms with van der Waals surface area (Å²) in [5.74, 6) is 0.356. The predicted octanol–water partition coefficient (Wildman–Crippen LogP) is 3.58. The molecule has 34 heavy (non-hydrogen) atoms. The lowest BCUT2D eigenvalue weighted by Crippen LogP contribution is -2.43. The minimum absolute atomic E-state index is 0.311. The number of amides is 1. The zero-order valence-corrected chi connectivity index (χ0v) is 20.3. The van der Waals surface area contributed by atoms with Crippen molar-refractivity contribution in [2.24, 2.45) is 5.92 Å². The lowest BCUT2D eigenvalue weighted by Gasteiger charge is -2.21. The first-order valence-corrected chi connectivity index (χ1v) is 12.5. The van der Waals surface area contributed by atoms with Crippen LogP contribution in [0, 0.1) is 19.8 Å². The predicted molar refractivity (Wildman–Crippen MR) is 133 cm³/mol. The zero-order chi connectivity index (χ0) is 24.1. The first-order valence-electron chi connectivity index (χ1n) is 12.5. The van der Waals surface area contributed by atoms with Gasteiger partial charge in [-0.3, -0.25) is 4.79 Å². The van der Waals surface area contributed by atoms with E-state index in [1.165, 1.54) is 12.0 Å². The fourth-order valence-electron chi connectivity index (χ4n) is 5.18. The first kappa shape index (κ1) is 24.2. The normalized spacial score (nSPS) is 18.7. The molecule has 0 radical (unpaired) electrons. The molecule has 182 valence electrons. The van der Waals surface area contributed by atoms with Crippen molar-refractivity contribution in [3.05, 3.63) is 58.3 Å². The fourth-order valence-corrected chi connectivity index (χ4v) is 5.18. The Labute approximate surface area is 202 Å². The number of carboxylic acid groups (broad SMARTS) is 1. The second kappa shape index (κ2) is 11.0. The number of aryl methyl sites for hydroxylation is 4. The number of likely N-dealkylation sites (tertiary alicyclic amines) is 1. The number of hydrogen-bond acceptors (Lipinski definition) is 5. The molecule has 3 heterocycles. The van der Waals surface area contributed by atoms with Crippen LogP contribution in [0.5, 0.6) is 0 Å². The fraction of sp³-hybridized carbons (Fsp3) is 0.519. The van der Waals surface area contributed by atoms with E-state index in [0.717, 1.165) is 68.0 Å². The van der Waals surface area contributed by atoms with Crippen molar-refractivity contribution >= 4 is 17.7 Å². The molecule has 1 saturated heterocycles. The van der Waals surface area contributed by atoms with Crippen LogP contribution in [0.25, 0.3) is 0 Å². The van der Waals surface area contributed by atoms with E-state index in [1.54, 1.807) is 0 Å². The molecule has 7 nitrogen and oxygen atoms in total. The monoisotopic (exact) mass is 464 g/mol. The van der Waals surface area contributed by atoms with Gasteiger partial charge in [0.2, 0.25) is 0 Å². The van der Waals surface area contributed by atoms with Crippen LogP contribution in [0.1, 0.15) is 58.4 Å². The Morgan fingerprint density at radius 1 is 1.24 bits per heavy atom. The van der Waals surface area contributed by atoms with E-state index in [4.69, 9.17) is 4.98 Å². The number of benzene rings is 1. The quantitative estimate of drug-likeness (QED) is 0.525. The molecule has 0 bridgehead atoms. The zero-order valence-electron chi connectivity index (χ0n) is 20.3. The summed E-state index contributed by atoms with van der Waals surface area (Å²) in [4.78, 5) is 31.7. The Hall–Kier alpha value is -2.93. The highest BCUT2D eigenvalue weighted by atomic mass is 16.4. The van der Waals surface area contributed by atoms with Gasteiger partial charge in [0.1, 0.15) is 11.9 Å².